The van der Waals surface area contributed by atoms with E-state index in [0.29, 0.717) is 0 Å². The van der Waals surface area contributed by atoms with E-state index in [1.54, 1.807) is 6.08 Å². The standard InChI is InChI=1S/C16H15NO/c1-2-8-16(18)17-15-12-7-6-11-14(15)13-9-4-3-5-10-13/h2-12H,1H3,(H,17,18). The molecule has 0 unspecified atom stereocenters. The number of hydrogen-bond donors (Lipinski definition) is 1. The normalized spacial score (nSPS) is 10.5. The van der Waals surface area contributed by atoms with Gasteiger partial charge in [0.05, 0.1) is 0 Å². The minimum absolute atomic E-state index is 0.110. The third kappa shape index (κ3) is 2.86. The summed E-state index contributed by atoms with van der Waals surface area (Å²) in [6.07, 6.45) is 3.24. The van der Waals surface area contributed by atoms with Gasteiger partial charge in [0.1, 0.15) is 0 Å². The number of anilines is 1. The highest BCUT2D eigenvalue weighted by Crippen LogP contribution is 2.27. The first-order valence-corrected chi connectivity index (χ1v) is 5.89. The van der Waals surface area contributed by atoms with Crippen molar-refractivity contribution in [3.05, 3.63) is 66.7 Å². The number of hydrogen-bond acceptors (Lipinski definition) is 1. The lowest BCUT2D eigenvalue weighted by molar-refractivity contribution is -0.111. The van der Waals surface area contributed by atoms with Crippen LogP contribution in [0.15, 0.2) is 66.7 Å². The summed E-state index contributed by atoms with van der Waals surface area (Å²) >= 11 is 0. The summed E-state index contributed by atoms with van der Waals surface area (Å²) in [5.74, 6) is -0.110. The van der Waals surface area contributed by atoms with E-state index < -0.39 is 0 Å². The van der Waals surface area contributed by atoms with Gasteiger partial charge in [-0.1, -0.05) is 54.6 Å². The lowest BCUT2D eigenvalue weighted by atomic mass is 10.0. The number of nitrogens with one attached hydrogen (secondary N) is 1. The first kappa shape index (κ1) is 12.1. The second-order valence-corrected chi connectivity index (χ2v) is 3.90. The van der Waals surface area contributed by atoms with Crippen LogP contribution in [0.5, 0.6) is 0 Å². The molecule has 0 atom stereocenters. The van der Waals surface area contributed by atoms with Crippen LogP contribution in [-0.4, -0.2) is 5.91 Å². The van der Waals surface area contributed by atoms with Crippen LogP contribution in [0.2, 0.25) is 0 Å². The first-order valence-electron chi connectivity index (χ1n) is 5.89. The fourth-order valence-electron chi connectivity index (χ4n) is 1.79. The number of rotatable bonds is 3. The van der Waals surface area contributed by atoms with Gasteiger partial charge in [0.15, 0.2) is 0 Å². The molecule has 0 radical (unpaired) electrons. The van der Waals surface area contributed by atoms with E-state index in [2.05, 4.69) is 5.32 Å². The largest absolute Gasteiger partial charge is 0.322 e. The fourth-order valence-corrected chi connectivity index (χ4v) is 1.79. The lowest BCUT2D eigenvalue weighted by Crippen LogP contribution is -2.08. The predicted octanol–water partition coefficient (Wildman–Crippen LogP) is 3.87. The van der Waals surface area contributed by atoms with Crippen LogP contribution < -0.4 is 5.32 Å². The minimum atomic E-state index is -0.110. The molecule has 0 aliphatic carbocycles. The molecule has 1 N–H and O–H groups in total. The van der Waals surface area contributed by atoms with Crippen molar-refractivity contribution in [3.63, 3.8) is 0 Å². The SMILES string of the molecule is CC=CC(=O)Nc1ccccc1-c1ccccc1. The molecule has 2 aromatic carbocycles. The average molecular weight is 237 g/mol. The first-order chi connectivity index (χ1) is 8.81. The highest BCUT2D eigenvalue weighted by molar-refractivity contribution is 6.01. The van der Waals surface area contributed by atoms with Crippen LogP contribution in [0.3, 0.4) is 0 Å². The van der Waals surface area contributed by atoms with Crippen LogP contribution in [0.4, 0.5) is 5.69 Å². The van der Waals surface area contributed by atoms with Crippen LogP contribution >= 0.6 is 0 Å². The zero-order valence-corrected chi connectivity index (χ0v) is 10.3. The van der Waals surface area contributed by atoms with Gasteiger partial charge < -0.3 is 5.32 Å². The molecule has 0 aliphatic heterocycles. The van der Waals surface area contributed by atoms with Crippen molar-refractivity contribution in [2.75, 3.05) is 5.32 Å². The Hall–Kier alpha value is -2.35. The maximum absolute atomic E-state index is 11.6. The zero-order valence-electron chi connectivity index (χ0n) is 10.3. The van der Waals surface area contributed by atoms with Crippen LogP contribution in [-0.2, 0) is 4.79 Å². The quantitative estimate of drug-likeness (QED) is 0.807. The molecule has 0 saturated heterocycles. The van der Waals surface area contributed by atoms with Gasteiger partial charge in [-0.25, -0.2) is 0 Å². The summed E-state index contributed by atoms with van der Waals surface area (Å²) in [5, 5.41) is 2.88. The monoisotopic (exact) mass is 237 g/mol. The third-order valence-electron chi connectivity index (χ3n) is 2.59. The van der Waals surface area contributed by atoms with Gasteiger partial charge in [0.2, 0.25) is 5.91 Å². The Morgan fingerprint density at radius 3 is 2.39 bits per heavy atom. The third-order valence-corrected chi connectivity index (χ3v) is 2.59. The van der Waals surface area contributed by atoms with Crippen LogP contribution in [0.25, 0.3) is 11.1 Å². The van der Waals surface area contributed by atoms with Crippen LogP contribution in [0, 0.1) is 0 Å². The summed E-state index contributed by atoms with van der Waals surface area (Å²) < 4.78 is 0. The van der Waals surface area contributed by atoms with Crippen molar-refractivity contribution in [3.8, 4) is 11.1 Å². The Morgan fingerprint density at radius 1 is 1.00 bits per heavy atom. The summed E-state index contributed by atoms with van der Waals surface area (Å²) in [6.45, 7) is 1.82. The van der Waals surface area contributed by atoms with Gasteiger partial charge in [-0.3, -0.25) is 4.79 Å². The smallest absolute Gasteiger partial charge is 0.248 e. The van der Waals surface area contributed by atoms with Crippen molar-refractivity contribution in [2.45, 2.75) is 6.92 Å². The number of carbonyl (C=O) groups excluding carboxylic acids is 1. The van der Waals surface area contributed by atoms with Gasteiger partial charge in [-0.05, 0) is 24.6 Å². The number of amides is 1. The molecule has 0 aliphatic rings. The Kier molecular flexibility index (Phi) is 3.92. The van der Waals surface area contributed by atoms with Crippen molar-refractivity contribution in [1.82, 2.24) is 0 Å². The van der Waals surface area contributed by atoms with E-state index >= 15 is 0 Å². The van der Waals surface area contributed by atoms with E-state index in [1.807, 2.05) is 61.5 Å². The second kappa shape index (κ2) is 5.82. The molecule has 18 heavy (non-hydrogen) atoms. The van der Waals surface area contributed by atoms with Crippen LogP contribution in [0.1, 0.15) is 6.92 Å². The van der Waals surface area contributed by atoms with Crippen molar-refractivity contribution < 1.29 is 4.79 Å². The molecule has 90 valence electrons. The highest BCUT2D eigenvalue weighted by Gasteiger charge is 2.05. The molecule has 1 amide bonds. The predicted molar refractivity (Wildman–Crippen MR) is 75.3 cm³/mol. The number of carbonyl (C=O) groups is 1. The maximum Gasteiger partial charge on any atom is 0.248 e. The zero-order chi connectivity index (χ0) is 12.8. The molecule has 2 rings (SSSR count). The molecule has 0 aromatic heterocycles. The summed E-state index contributed by atoms with van der Waals surface area (Å²) in [7, 11) is 0. The Morgan fingerprint density at radius 2 is 1.67 bits per heavy atom. The molecular weight excluding hydrogens is 222 g/mol. The summed E-state index contributed by atoms with van der Waals surface area (Å²) in [6, 6.07) is 17.8. The molecule has 2 heteroatoms. The Bertz CT molecular complexity index is 558. The lowest BCUT2D eigenvalue weighted by Gasteiger charge is -2.09. The van der Waals surface area contributed by atoms with E-state index in [-0.39, 0.29) is 5.91 Å². The average Bonchev–Trinajstić information content (AvgIpc) is 2.40. The Balaban J connectivity index is 2.35. The van der Waals surface area contributed by atoms with Crippen molar-refractivity contribution in [2.24, 2.45) is 0 Å². The van der Waals surface area contributed by atoms with Gasteiger partial charge >= 0.3 is 0 Å². The highest BCUT2D eigenvalue weighted by atomic mass is 16.1. The molecule has 2 nitrogen and oxygen atoms in total. The molecule has 0 saturated carbocycles. The van der Waals surface area contributed by atoms with Crippen molar-refractivity contribution >= 4 is 11.6 Å². The van der Waals surface area contributed by atoms with Crippen molar-refractivity contribution in [1.29, 1.82) is 0 Å². The Labute approximate surface area is 107 Å². The number of allylic oxidation sites excluding steroid dienone is 1. The fraction of sp³-hybridized carbons (Fsp3) is 0.0625. The van der Waals surface area contributed by atoms with E-state index in [0.717, 1.165) is 16.8 Å². The minimum Gasteiger partial charge on any atom is -0.322 e. The molecular formula is C16H15NO. The topological polar surface area (TPSA) is 29.1 Å². The molecule has 0 heterocycles. The molecule has 2 aromatic rings. The van der Waals surface area contributed by atoms with Gasteiger partial charge in [0.25, 0.3) is 0 Å². The number of para-hydroxylation sites is 1. The number of benzene rings is 2. The van der Waals surface area contributed by atoms with Gasteiger partial charge in [-0.15, -0.1) is 0 Å². The van der Waals surface area contributed by atoms with E-state index in [1.165, 1.54) is 6.08 Å². The van der Waals surface area contributed by atoms with E-state index in [4.69, 9.17) is 0 Å². The van der Waals surface area contributed by atoms with E-state index in [9.17, 15) is 4.79 Å². The molecule has 0 bridgehead atoms. The van der Waals surface area contributed by atoms with Gasteiger partial charge in [0, 0.05) is 11.3 Å². The second-order valence-electron chi connectivity index (χ2n) is 3.90. The summed E-state index contributed by atoms with van der Waals surface area (Å²) in [4.78, 5) is 11.6. The maximum atomic E-state index is 11.6. The summed E-state index contributed by atoms with van der Waals surface area (Å²) in [5.41, 5.74) is 2.94. The molecule has 0 fully saturated rings. The van der Waals surface area contributed by atoms with Gasteiger partial charge in [-0.2, -0.15) is 0 Å². The molecule has 0 spiro atoms.